The van der Waals surface area contributed by atoms with Crippen molar-refractivity contribution in [2.24, 2.45) is 5.73 Å². The summed E-state index contributed by atoms with van der Waals surface area (Å²) < 4.78 is 0. The van der Waals surface area contributed by atoms with E-state index in [0.29, 0.717) is 4.90 Å². The Bertz CT molecular complexity index is 1800. The molecule has 4 aromatic rings. The minimum atomic E-state index is -1.50. The number of nitrogens with two attached hydrogens (primary N) is 1. The van der Waals surface area contributed by atoms with Gasteiger partial charge in [0.25, 0.3) is 34.8 Å². The van der Waals surface area contributed by atoms with Gasteiger partial charge in [-0.15, -0.1) is 0 Å². The molecule has 0 saturated carbocycles. The third-order valence-corrected chi connectivity index (χ3v) is 6.28. The van der Waals surface area contributed by atoms with Crippen molar-refractivity contribution in [1.29, 1.82) is 0 Å². The number of nitrogens with one attached hydrogen (secondary N) is 2. The monoisotopic (exact) mass is 624 g/mol. The molecule has 16 heteroatoms. The lowest BCUT2D eigenvalue weighted by molar-refractivity contribution is -0.385. The molecule has 0 atom stereocenters. The van der Waals surface area contributed by atoms with Crippen molar-refractivity contribution in [2.75, 3.05) is 15.5 Å². The lowest BCUT2D eigenvalue weighted by Gasteiger charge is -2.25. The number of hydrogen-bond acceptors (Lipinski definition) is 10. The number of primary amides is 1. The summed E-state index contributed by atoms with van der Waals surface area (Å²) in [7, 11) is 0. The van der Waals surface area contributed by atoms with E-state index in [-0.39, 0.29) is 34.1 Å². The number of carbonyl (C=O) groups is 6. The number of nitrogens with zero attached hydrogens (tertiary/aromatic N) is 3. The van der Waals surface area contributed by atoms with Gasteiger partial charge in [0.15, 0.2) is 0 Å². The summed E-state index contributed by atoms with van der Waals surface area (Å²) in [5.74, 6) is -7.74. The third kappa shape index (κ3) is 6.92. The number of benzene rings is 4. The first-order valence-electron chi connectivity index (χ1n) is 12.9. The Balaban J connectivity index is 1.70. The number of para-hydroxylation sites is 2. The average Bonchev–Trinajstić information content (AvgIpc) is 3.05. The number of amides is 4. The molecule has 0 aliphatic carbocycles. The van der Waals surface area contributed by atoms with E-state index in [1.165, 1.54) is 72.8 Å². The summed E-state index contributed by atoms with van der Waals surface area (Å²) in [6.07, 6.45) is 0. The van der Waals surface area contributed by atoms with Crippen molar-refractivity contribution in [1.82, 2.24) is 0 Å². The predicted octanol–water partition coefficient (Wildman–Crippen LogP) is 3.30. The summed E-state index contributed by atoms with van der Waals surface area (Å²) in [5.41, 5.74) is 3.37. The second kappa shape index (κ2) is 13.5. The highest BCUT2D eigenvalue weighted by molar-refractivity contribution is 6.50. The summed E-state index contributed by atoms with van der Waals surface area (Å²) in [5, 5.41) is 26.4. The second-order valence-corrected chi connectivity index (χ2v) is 9.21. The van der Waals surface area contributed by atoms with Gasteiger partial charge in [-0.2, -0.15) is 0 Å². The summed E-state index contributed by atoms with van der Waals surface area (Å²) in [4.78, 5) is 98.9. The van der Waals surface area contributed by atoms with Crippen LogP contribution in [0.15, 0.2) is 97.1 Å². The van der Waals surface area contributed by atoms with Gasteiger partial charge in [-0.05, 0) is 48.5 Å². The Kier molecular flexibility index (Phi) is 9.32. The van der Waals surface area contributed by atoms with Gasteiger partial charge in [0.05, 0.1) is 32.3 Å². The highest BCUT2D eigenvalue weighted by Crippen LogP contribution is 2.33. The number of nitro benzene ring substituents is 2. The molecule has 46 heavy (non-hydrogen) atoms. The Morgan fingerprint density at radius 3 is 1.24 bits per heavy atom. The molecular formula is C30H20N6O10. The number of hydrogen-bond donors (Lipinski definition) is 3. The van der Waals surface area contributed by atoms with E-state index in [0.717, 1.165) is 24.3 Å². The molecule has 0 heterocycles. The van der Waals surface area contributed by atoms with Gasteiger partial charge >= 0.3 is 11.8 Å². The zero-order valence-electron chi connectivity index (χ0n) is 23.2. The van der Waals surface area contributed by atoms with Crippen LogP contribution in [0.4, 0.5) is 34.1 Å². The van der Waals surface area contributed by atoms with Crippen LogP contribution < -0.4 is 21.3 Å². The van der Waals surface area contributed by atoms with Crippen molar-refractivity contribution >= 4 is 69.3 Å². The molecule has 4 aromatic carbocycles. The summed E-state index contributed by atoms with van der Waals surface area (Å²) in [6, 6.07) is 19.4. The summed E-state index contributed by atoms with van der Waals surface area (Å²) >= 11 is 0. The largest absolute Gasteiger partial charge is 0.361 e. The predicted molar refractivity (Wildman–Crippen MR) is 161 cm³/mol. The molecular weight excluding hydrogens is 604 g/mol. The van der Waals surface area contributed by atoms with Gasteiger partial charge in [0.1, 0.15) is 0 Å². The standard InChI is InChI=1S/C30H20N6O10/c31-27(39)30(42)34(23-7-3-1-5-21(23)25(37)28(40)32-17-9-13-19(14-10-17)35(43)44)24-8-4-2-6-22(24)26(38)29(41)33-18-11-15-20(16-12-18)36(45)46/h1-16H,(H2,31,39)(H,32,40)(H,33,41). The molecule has 0 aromatic heterocycles. The Morgan fingerprint density at radius 1 is 0.565 bits per heavy atom. The minimum Gasteiger partial charge on any atom is -0.361 e. The smallest absolute Gasteiger partial charge is 0.320 e. The third-order valence-electron chi connectivity index (χ3n) is 6.28. The van der Waals surface area contributed by atoms with Crippen molar-refractivity contribution in [2.45, 2.75) is 0 Å². The topological polar surface area (TPSA) is 242 Å². The molecule has 4 rings (SSSR count). The quantitative estimate of drug-likeness (QED) is 0.101. The zero-order valence-corrected chi connectivity index (χ0v) is 23.2. The molecule has 0 unspecified atom stereocenters. The highest BCUT2D eigenvalue weighted by atomic mass is 16.6. The molecule has 4 N–H and O–H groups in total. The van der Waals surface area contributed by atoms with E-state index >= 15 is 0 Å². The maximum absolute atomic E-state index is 13.3. The normalized spacial score (nSPS) is 10.3. The second-order valence-electron chi connectivity index (χ2n) is 9.21. The SMILES string of the molecule is NC(=O)C(=O)N(c1ccccc1C(=O)C(=O)Nc1ccc([N+](=O)[O-])cc1)c1ccccc1C(=O)C(=O)Nc1ccc([N+](=O)[O-])cc1. The molecule has 0 saturated heterocycles. The molecule has 0 spiro atoms. The van der Waals surface area contributed by atoms with Crippen LogP contribution in [0.1, 0.15) is 20.7 Å². The van der Waals surface area contributed by atoms with Gasteiger partial charge in [-0.3, -0.25) is 53.9 Å². The van der Waals surface area contributed by atoms with Crippen LogP contribution >= 0.6 is 0 Å². The number of anilines is 4. The first-order valence-corrected chi connectivity index (χ1v) is 12.9. The van der Waals surface area contributed by atoms with Crippen LogP contribution in [0.5, 0.6) is 0 Å². The van der Waals surface area contributed by atoms with Crippen LogP contribution in [-0.4, -0.2) is 45.0 Å². The minimum absolute atomic E-state index is 0.0430. The fourth-order valence-electron chi connectivity index (χ4n) is 4.13. The number of ketones is 2. The van der Waals surface area contributed by atoms with E-state index < -0.39 is 56.2 Å². The molecule has 4 amide bonds. The molecule has 16 nitrogen and oxygen atoms in total. The van der Waals surface area contributed by atoms with Crippen molar-refractivity contribution in [3.8, 4) is 0 Å². The fraction of sp³-hybridized carbons (Fsp3) is 0. The van der Waals surface area contributed by atoms with Crippen molar-refractivity contribution < 1.29 is 38.6 Å². The molecule has 0 radical (unpaired) electrons. The van der Waals surface area contributed by atoms with Crippen LogP contribution in [0.25, 0.3) is 0 Å². The average molecular weight is 625 g/mol. The van der Waals surface area contributed by atoms with E-state index in [1.54, 1.807) is 0 Å². The lowest BCUT2D eigenvalue weighted by Crippen LogP contribution is -2.39. The highest BCUT2D eigenvalue weighted by Gasteiger charge is 2.32. The first kappa shape index (κ1) is 31.8. The number of rotatable bonds is 10. The van der Waals surface area contributed by atoms with Gasteiger partial charge in [0, 0.05) is 35.6 Å². The number of non-ortho nitro benzene ring substituents is 2. The molecule has 0 fully saturated rings. The zero-order chi connectivity index (χ0) is 33.5. The Labute approximate surface area is 257 Å². The number of carbonyl (C=O) groups excluding carboxylic acids is 6. The van der Waals surface area contributed by atoms with Crippen LogP contribution in [0.2, 0.25) is 0 Å². The van der Waals surface area contributed by atoms with Gasteiger partial charge < -0.3 is 16.4 Å². The first-order chi connectivity index (χ1) is 21.9. The van der Waals surface area contributed by atoms with Crippen LogP contribution in [0, 0.1) is 20.2 Å². The van der Waals surface area contributed by atoms with E-state index in [9.17, 15) is 49.0 Å². The van der Waals surface area contributed by atoms with Gasteiger partial charge in [0.2, 0.25) is 0 Å². The Morgan fingerprint density at radius 2 is 0.913 bits per heavy atom. The number of nitro groups is 2. The molecule has 0 bridgehead atoms. The molecule has 0 aliphatic heterocycles. The van der Waals surface area contributed by atoms with E-state index in [1.807, 2.05) is 0 Å². The van der Waals surface area contributed by atoms with Gasteiger partial charge in [-0.1, -0.05) is 24.3 Å². The van der Waals surface area contributed by atoms with Crippen LogP contribution in [-0.2, 0) is 19.2 Å². The maximum Gasteiger partial charge on any atom is 0.320 e. The van der Waals surface area contributed by atoms with Crippen LogP contribution in [0.3, 0.4) is 0 Å². The molecule has 0 aliphatic rings. The molecule has 230 valence electrons. The van der Waals surface area contributed by atoms with Gasteiger partial charge in [-0.25, -0.2) is 0 Å². The fourth-order valence-corrected chi connectivity index (χ4v) is 4.13. The van der Waals surface area contributed by atoms with E-state index in [4.69, 9.17) is 5.73 Å². The van der Waals surface area contributed by atoms with Crippen molar-refractivity contribution in [3.05, 3.63) is 128 Å². The maximum atomic E-state index is 13.3. The lowest BCUT2D eigenvalue weighted by atomic mass is 10.0. The summed E-state index contributed by atoms with van der Waals surface area (Å²) in [6.45, 7) is 0. The number of Topliss-reactive ketones (excluding diaryl/α,β-unsaturated/α-hetero) is 2. The Hall–Kier alpha value is -7.10. The van der Waals surface area contributed by atoms with Crippen molar-refractivity contribution in [3.63, 3.8) is 0 Å². The van der Waals surface area contributed by atoms with E-state index in [2.05, 4.69) is 10.6 Å².